The van der Waals surface area contributed by atoms with Crippen molar-refractivity contribution in [3.8, 4) is 5.75 Å². The molecule has 0 aliphatic carbocycles. The number of rotatable bonds is 2. The van der Waals surface area contributed by atoms with Crippen LogP contribution in [0.4, 0.5) is 0 Å². The molecule has 2 N–H and O–H groups in total. The largest absolute Gasteiger partial charge is 0.491 e. The highest BCUT2D eigenvalue weighted by Crippen LogP contribution is 2.36. The van der Waals surface area contributed by atoms with Gasteiger partial charge < -0.3 is 10.5 Å². The number of hydrogen-bond donors (Lipinski definition) is 1. The van der Waals surface area contributed by atoms with Crippen molar-refractivity contribution in [2.45, 2.75) is 38.6 Å². The van der Waals surface area contributed by atoms with Crippen LogP contribution in [0.15, 0.2) is 18.2 Å². The van der Waals surface area contributed by atoms with E-state index in [0.717, 1.165) is 17.7 Å². The van der Waals surface area contributed by atoms with Crippen molar-refractivity contribution in [2.24, 2.45) is 5.73 Å². The molecule has 1 aliphatic rings. The first-order valence-electron chi connectivity index (χ1n) is 5.57. The highest BCUT2D eigenvalue weighted by Gasteiger charge is 2.24. The predicted octanol–water partition coefficient (Wildman–Crippen LogP) is 2.77. The Balaban J connectivity index is 2.41. The van der Waals surface area contributed by atoms with Gasteiger partial charge in [-0.3, -0.25) is 0 Å². The quantitative estimate of drug-likeness (QED) is 0.805. The summed E-state index contributed by atoms with van der Waals surface area (Å²) in [5, 5.41) is 0. The summed E-state index contributed by atoms with van der Waals surface area (Å²) in [4.78, 5) is 0. The molecule has 1 unspecified atom stereocenters. The smallest absolute Gasteiger partial charge is 0.124 e. The van der Waals surface area contributed by atoms with Crippen LogP contribution in [0.3, 0.4) is 0 Å². The van der Waals surface area contributed by atoms with E-state index in [1.807, 2.05) is 0 Å². The van der Waals surface area contributed by atoms with E-state index < -0.39 is 0 Å². The molecule has 1 aromatic carbocycles. The summed E-state index contributed by atoms with van der Waals surface area (Å²) < 4.78 is 5.49. The Kier molecular flexibility index (Phi) is 2.47. The highest BCUT2D eigenvalue weighted by atomic mass is 16.5. The lowest BCUT2D eigenvalue weighted by molar-refractivity contribution is 0.333. The third kappa shape index (κ3) is 1.74. The highest BCUT2D eigenvalue weighted by molar-refractivity contribution is 5.44. The molecule has 2 heteroatoms. The number of fused-ring (bicyclic) bond motifs is 1. The summed E-state index contributed by atoms with van der Waals surface area (Å²) in [5.41, 5.74) is 8.71. The Hall–Kier alpha value is -1.02. The third-order valence-corrected chi connectivity index (χ3v) is 3.49. The van der Waals surface area contributed by atoms with Crippen LogP contribution >= 0.6 is 0 Å². The van der Waals surface area contributed by atoms with Crippen molar-refractivity contribution in [1.82, 2.24) is 0 Å². The zero-order valence-electron chi connectivity index (χ0n) is 9.71. The van der Waals surface area contributed by atoms with E-state index >= 15 is 0 Å². The standard InChI is InChI=1S/C13H19NO/c1-4-13(2,3)9-5-6-12-10(7-9)11(14)8-15-12/h5-7,11H,4,8,14H2,1-3H3. The molecule has 0 radical (unpaired) electrons. The molecule has 0 saturated carbocycles. The van der Waals surface area contributed by atoms with E-state index in [4.69, 9.17) is 10.5 Å². The van der Waals surface area contributed by atoms with Crippen LogP contribution in [-0.2, 0) is 5.41 Å². The van der Waals surface area contributed by atoms with Gasteiger partial charge >= 0.3 is 0 Å². The third-order valence-electron chi connectivity index (χ3n) is 3.49. The molecule has 0 amide bonds. The minimum Gasteiger partial charge on any atom is -0.491 e. The van der Waals surface area contributed by atoms with Crippen molar-refractivity contribution in [1.29, 1.82) is 0 Å². The van der Waals surface area contributed by atoms with Crippen LogP contribution in [0.2, 0.25) is 0 Å². The predicted molar refractivity (Wildman–Crippen MR) is 62.2 cm³/mol. The van der Waals surface area contributed by atoms with Gasteiger partial charge in [0.1, 0.15) is 12.4 Å². The van der Waals surface area contributed by atoms with Gasteiger partial charge in [-0.25, -0.2) is 0 Å². The number of ether oxygens (including phenoxy) is 1. The molecule has 0 saturated heterocycles. The van der Waals surface area contributed by atoms with Gasteiger partial charge in [0.15, 0.2) is 0 Å². The molecular weight excluding hydrogens is 186 g/mol. The van der Waals surface area contributed by atoms with Gasteiger partial charge in [0.2, 0.25) is 0 Å². The van der Waals surface area contributed by atoms with Gasteiger partial charge in [-0.1, -0.05) is 26.8 Å². The summed E-state index contributed by atoms with van der Waals surface area (Å²) in [7, 11) is 0. The molecule has 0 bridgehead atoms. The lowest BCUT2D eigenvalue weighted by Crippen LogP contribution is -2.16. The number of benzene rings is 1. The lowest BCUT2D eigenvalue weighted by atomic mass is 9.81. The monoisotopic (exact) mass is 205 g/mol. The van der Waals surface area contributed by atoms with E-state index in [-0.39, 0.29) is 11.5 Å². The van der Waals surface area contributed by atoms with Gasteiger partial charge in [-0.15, -0.1) is 0 Å². The van der Waals surface area contributed by atoms with E-state index in [2.05, 4.69) is 39.0 Å². The van der Waals surface area contributed by atoms with E-state index in [0.29, 0.717) is 6.61 Å². The first-order valence-corrected chi connectivity index (χ1v) is 5.57. The summed E-state index contributed by atoms with van der Waals surface area (Å²) >= 11 is 0. The molecule has 2 nitrogen and oxygen atoms in total. The minimum atomic E-state index is 0.0487. The molecule has 1 heterocycles. The number of hydrogen-bond acceptors (Lipinski definition) is 2. The number of nitrogens with two attached hydrogens (primary N) is 1. The Bertz CT molecular complexity index is 371. The van der Waals surface area contributed by atoms with E-state index in [1.165, 1.54) is 5.56 Å². The topological polar surface area (TPSA) is 35.2 Å². The molecule has 15 heavy (non-hydrogen) atoms. The van der Waals surface area contributed by atoms with Crippen LogP contribution in [0, 0.1) is 0 Å². The molecule has 1 aliphatic heterocycles. The average molecular weight is 205 g/mol. The maximum absolute atomic E-state index is 5.97. The van der Waals surface area contributed by atoms with Crippen LogP contribution in [0.1, 0.15) is 44.4 Å². The van der Waals surface area contributed by atoms with Gasteiger partial charge in [-0.2, -0.15) is 0 Å². The fourth-order valence-corrected chi connectivity index (χ4v) is 1.86. The molecule has 2 rings (SSSR count). The molecule has 82 valence electrons. The normalized spacial score (nSPS) is 19.9. The van der Waals surface area contributed by atoms with E-state index in [1.54, 1.807) is 0 Å². The van der Waals surface area contributed by atoms with Gasteiger partial charge in [-0.05, 0) is 29.5 Å². The lowest BCUT2D eigenvalue weighted by Gasteiger charge is -2.24. The molecular formula is C13H19NO. The van der Waals surface area contributed by atoms with Gasteiger partial charge in [0.05, 0.1) is 6.04 Å². The molecule has 1 aromatic rings. The van der Waals surface area contributed by atoms with Gasteiger partial charge in [0, 0.05) is 5.56 Å². The van der Waals surface area contributed by atoms with Crippen molar-refractivity contribution >= 4 is 0 Å². The fourth-order valence-electron chi connectivity index (χ4n) is 1.86. The van der Waals surface area contributed by atoms with Crippen molar-refractivity contribution in [2.75, 3.05) is 6.61 Å². The van der Waals surface area contributed by atoms with Gasteiger partial charge in [0.25, 0.3) is 0 Å². The maximum Gasteiger partial charge on any atom is 0.124 e. The molecule has 0 spiro atoms. The summed E-state index contributed by atoms with van der Waals surface area (Å²) in [6, 6.07) is 6.46. The van der Waals surface area contributed by atoms with Crippen LogP contribution in [0.25, 0.3) is 0 Å². The maximum atomic E-state index is 5.97. The van der Waals surface area contributed by atoms with Crippen LogP contribution in [-0.4, -0.2) is 6.61 Å². The molecule has 0 aromatic heterocycles. The molecule has 0 fully saturated rings. The molecule has 1 atom stereocenters. The van der Waals surface area contributed by atoms with Crippen molar-refractivity contribution < 1.29 is 4.74 Å². The first-order chi connectivity index (χ1) is 7.04. The Morgan fingerprint density at radius 1 is 1.47 bits per heavy atom. The Morgan fingerprint density at radius 2 is 2.20 bits per heavy atom. The summed E-state index contributed by atoms with van der Waals surface area (Å²) in [5.74, 6) is 0.957. The average Bonchev–Trinajstić information content (AvgIpc) is 2.60. The minimum absolute atomic E-state index is 0.0487. The first kappa shape index (κ1) is 10.5. The van der Waals surface area contributed by atoms with Crippen LogP contribution < -0.4 is 10.5 Å². The fraction of sp³-hybridized carbons (Fsp3) is 0.538. The zero-order chi connectivity index (χ0) is 11.1. The zero-order valence-corrected chi connectivity index (χ0v) is 9.71. The second-order valence-electron chi connectivity index (χ2n) is 4.91. The Labute approximate surface area is 91.4 Å². The van der Waals surface area contributed by atoms with Crippen LogP contribution in [0.5, 0.6) is 5.75 Å². The van der Waals surface area contributed by atoms with Crippen molar-refractivity contribution in [3.05, 3.63) is 29.3 Å². The van der Waals surface area contributed by atoms with E-state index in [9.17, 15) is 0 Å². The Morgan fingerprint density at radius 3 is 2.87 bits per heavy atom. The second-order valence-corrected chi connectivity index (χ2v) is 4.91. The SMILES string of the molecule is CCC(C)(C)c1ccc2c(c1)C(N)CO2. The summed E-state index contributed by atoms with van der Waals surface area (Å²) in [6.45, 7) is 7.35. The summed E-state index contributed by atoms with van der Waals surface area (Å²) in [6.07, 6.45) is 1.13. The second kappa shape index (κ2) is 3.53. The van der Waals surface area contributed by atoms with Crippen molar-refractivity contribution in [3.63, 3.8) is 0 Å².